The molecule has 0 radical (unpaired) electrons. The van der Waals surface area contributed by atoms with Crippen molar-refractivity contribution < 1.29 is 28.9 Å². The molecule has 2 aromatic carbocycles. The number of methoxy groups -OCH3 is 2. The van der Waals surface area contributed by atoms with Gasteiger partial charge in [-0.05, 0) is 31.2 Å². The van der Waals surface area contributed by atoms with Crippen molar-refractivity contribution in [1.29, 1.82) is 0 Å². The molecular formula is C21H19BrN2O6. The summed E-state index contributed by atoms with van der Waals surface area (Å²) in [5.41, 5.74) is 0.500. The van der Waals surface area contributed by atoms with Crippen LogP contribution in [-0.2, 0) is 9.47 Å². The molecule has 3 aromatic rings. The summed E-state index contributed by atoms with van der Waals surface area (Å²) in [5.74, 6) is -1.60. The number of carbonyl (C=O) groups is 2. The third kappa shape index (κ3) is 3.88. The molecule has 0 saturated heterocycles. The summed E-state index contributed by atoms with van der Waals surface area (Å²) in [5, 5.41) is 15.3. The quantitative estimate of drug-likeness (QED) is 0.539. The predicted molar refractivity (Wildman–Crippen MR) is 112 cm³/mol. The van der Waals surface area contributed by atoms with Crippen LogP contribution in [0.2, 0.25) is 0 Å². The monoisotopic (exact) mass is 474 g/mol. The first-order chi connectivity index (χ1) is 14.4. The van der Waals surface area contributed by atoms with Gasteiger partial charge in [0.2, 0.25) is 0 Å². The summed E-state index contributed by atoms with van der Waals surface area (Å²) in [6, 6.07) is 11.9. The second-order valence-electron chi connectivity index (χ2n) is 6.04. The van der Waals surface area contributed by atoms with Crippen LogP contribution in [0.1, 0.15) is 27.8 Å². The third-order valence-electron chi connectivity index (χ3n) is 4.25. The molecule has 0 saturated carbocycles. The fourth-order valence-electron chi connectivity index (χ4n) is 2.96. The van der Waals surface area contributed by atoms with E-state index in [9.17, 15) is 14.7 Å². The minimum atomic E-state index is -0.801. The molecule has 0 spiro atoms. The largest absolute Gasteiger partial charge is 0.504 e. The molecule has 1 heterocycles. The van der Waals surface area contributed by atoms with E-state index in [0.717, 1.165) is 0 Å². The summed E-state index contributed by atoms with van der Waals surface area (Å²) in [6.07, 6.45) is 0. The summed E-state index contributed by atoms with van der Waals surface area (Å²) in [4.78, 5) is 25.3. The number of hydrogen-bond donors (Lipinski definition) is 1. The molecule has 0 aliphatic rings. The zero-order chi connectivity index (χ0) is 21.8. The molecule has 0 atom stereocenters. The maximum absolute atomic E-state index is 12.7. The number of phenols is 1. The van der Waals surface area contributed by atoms with Crippen molar-refractivity contribution in [2.24, 2.45) is 0 Å². The van der Waals surface area contributed by atoms with E-state index in [-0.39, 0.29) is 34.0 Å². The van der Waals surface area contributed by atoms with Gasteiger partial charge in [0.15, 0.2) is 17.2 Å². The second kappa shape index (κ2) is 9.00. The highest BCUT2D eigenvalue weighted by molar-refractivity contribution is 9.10. The molecule has 9 heteroatoms. The molecule has 3 rings (SSSR count). The van der Waals surface area contributed by atoms with E-state index < -0.39 is 11.9 Å². The zero-order valence-corrected chi connectivity index (χ0v) is 18.1. The molecule has 0 aliphatic heterocycles. The van der Waals surface area contributed by atoms with Gasteiger partial charge < -0.3 is 19.3 Å². The second-order valence-corrected chi connectivity index (χ2v) is 6.95. The van der Waals surface area contributed by atoms with E-state index in [1.54, 1.807) is 49.4 Å². The highest BCUT2D eigenvalue weighted by Gasteiger charge is 2.33. The number of aromatic nitrogens is 2. The smallest absolute Gasteiger partial charge is 0.357 e. The molecule has 1 N–H and O–H groups in total. The number of aromatic hydroxyl groups is 1. The summed E-state index contributed by atoms with van der Waals surface area (Å²) in [7, 11) is 2.40. The normalized spacial score (nSPS) is 10.5. The number of para-hydroxylation sites is 1. The molecular weight excluding hydrogens is 456 g/mol. The van der Waals surface area contributed by atoms with Crippen molar-refractivity contribution in [3.05, 3.63) is 58.2 Å². The minimum absolute atomic E-state index is 0.0471. The molecule has 0 amide bonds. The van der Waals surface area contributed by atoms with E-state index in [2.05, 4.69) is 21.0 Å². The van der Waals surface area contributed by atoms with E-state index >= 15 is 0 Å². The van der Waals surface area contributed by atoms with Crippen molar-refractivity contribution in [1.82, 2.24) is 9.78 Å². The van der Waals surface area contributed by atoms with Crippen molar-refractivity contribution in [3.63, 3.8) is 0 Å². The SMILES string of the molecule is CCOc1cc(Br)cc(-c2nn(-c3ccccc3)c(C(=O)OC)c2C(=O)OC)c1O. The average molecular weight is 475 g/mol. The lowest BCUT2D eigenvalue weighted by atomic mass is 10.0. The summed E-state index contributed by atoms with van der Waals surface area (Å²) < 4.78 is 17.1. The highest BCUT2D eigenvalue weighted by Crippen LogP contribution is 2.42. The van der Waals surface area contributed by atoms with Gasteiger partial charge in [-0.2, -0.15) is 5.10 Å². The van der Waals surface area contributed by atoms with Gasteiger partial charge in [0, 0.05) is 10.0 Å². The van der Waals surface area contributed by atoms with Gasteiger partial charge in [-0.3, -0.25) is 0 Å². The average Bonchev–Trinajstić information content (AvgIpc) is 3.16. The molecule has 0 bridgehead atoms. The fourth-order valence-corrected chi connectivity index (χ4v) is 3.40. The number of phenolic OH excluding ortho intramolecular Hbond substituents is 1. The lowest BCUT2D eigenvalue weighted by Crippen LogP contribution is -2.15. The number of hydrogen-bond acceptors (Lipinski definition) is 7. The molecule has 1 aromatic heterocycles. The van der Waals surface area contributed by atoms with Crippen molar-refractivity contribution in [2.75, 3.05) is 20.8 Å². The molecule has 0 aliphatic carbocycles. The number of benzene rings is 2. The van der Waals surface area contributed by atoms with E-state index in [1.165, 1.54) is 18.9 Å². The Morgan fingerprint density at radius 1 is 1.10 bits per heavy atom. The first kappa shape index (κ1) is 21.4. The Morgan fingerprint density at radius 3 is 2.37 bits per heavy atom. The topological polar surface area (TPSA) is 99.9 Å². The van der Waals surface area contributed by atoms with Gasteiger partial charge in [0.05, 0.1) is 26.5 Å². The van der Waals surface area contributed by atoms with Crippen molar-refractivity contribution >= 4 is 27.9 Å². The number of carbonyl (C=O) groups excluding carboxylic acids is 2. The number of halogens is 1. The Balaban J connectivity index is 2.40. The summed E-state index contributed by atoms with van der Waals surface area (Å²) >= 11 is 3.37. The zero-order valence-electron chi connectivity index (χ0n) is 16.5. The lowest BCUT2D eigenvalue weighted by molar-refractivity contribution is 0.0549. The molecule has 8 nitrogen and oxygen atoms in total. The van der Waals surface area contributed by atoms with Gasteiger partial charge >= 0.3 is 11.9 Å². The van der Waals surface area contributed by atoms with Gasteiger partial charge in [-0.25, -0.2) is 14.3 Å². The van der Waals surface area contributed by atoms with Crippen LogP contribution >= 0.6 is 15.9 Å². The van der Waals surface area contributed by atoms with Gasteiger partial charge in [0.25, 0.3) is 0 Å². The van der Waals surface area contributed by atoms with Crippen LogP contribution in [0.5, 0.6) is 11.5 Å². The Bertz CT molecular complexity index is 1090. The fraction of sp³-hybridized carbons (Fsp3) is 0.190. The van der Waals surface area contributed by atoms with E-state index in [1.807, 2.05) is 0 Å². The van der Waals surface area contributed by atoms with Gasteiger partial charge in [-0.15, -0.1) is 0 Å². The van der Waals surface area contributed by atoms with Gasteiger partial charge in [0.1, 0.15) is 11.3 Å². The third-order valence-corrected chi connectivity index (χ3v) is 4.71. The molecule has 156 valence electrons. The van der Waals surface area contributed by atoms with Crippen molar-refractivity contribution in [3.8, 4) is 28.4 Å². The number of esters is 2. The Morgan fingerprint density at radius 2 is 1.77 bits per heavy atom. The van der Waals surface area contributed by atoms with Crippen molar-refractivity contribution in [2.45, 2.75) is 6.92 Å². The molecule has 0 unspecified atom stereocenters. The molecule has 0 fully saturated rings. The van der Waals surface area contributed by atoms with Crippen LogP contribution < -0.4 is 4.74 Å². The standard InChI is InChI=1S/C21H19BrN2O6/c1-4-30-15-11-12(22)10-14(19(15)25)17-16(20(26)28-2)18(21(27)29-3)24(23-17)13-8-6-5-7-9-13/h5-11,25H,4H2,1-3H3. The first-order valence-electron chi connectivity index (χ1n) is 8.93. The van der Waals surface area contributed by atoms with Crippen LogP contribution in [0, 0.1) is 0 Å². The van der Waals surface area contributed by atoms with Crippen LogP contribution in [-0.4, -0.2) is 47.7 Å². The number of ether oxygens (including phenoxy) is 3. The number of nitrogens with zero attached hydrogens (tertiary/aromatic N) is 2. The molecule has 30 heavy (non-hydrogen) atoms. The maximum atomic E-state index is 12.7. The Hall–Kier alpha value is -3.33. The lowest BCUT2D eigenvalue weighted by Gasteiger charge is -2.11. The Kier molecular flexibility index (Phi) is 6.41. The van der Waals surface area contributed by atoms with Crippen LogP contribution in [0.15, 0.2) is 46.9 Å². The number of rotatable bonds is 6. The maximum Gasteiger partial charge on any atom is 0.357 e. The first-order valence-corrected chi connectivity index (χ1v) is 9.72. The van der Waals surface area contributed by atoms with Crippen LogP contribution in [0.4, 0.5) is 0 Å². The van der Waals surface area contributed by atoms with Gasteiger partial charge in [-0.1, -0.05) is 34.1 Å². The van der Waals surface area contributed by atoms with Crippen LogP contribution in [0.25, 0.3) is 16.9 Å². The summed E-state index contributed by atoms with van der Waals surface area (Å²) in [6.45, 7) is 2.10. The minimum Gasteiger partial charge on any atom is -0.504 e. The van der Waals surface area contributed by atoms with E-state index in [4.69, 9.17) is 14.2 Å². The highest BCUT2D eigenvalue weighted by atomic mass is 79.9. The Labute approximate surface area is 181 Å². The van der Waals surface area contributed by atoms with Crippen LogP contribution in [0.3, 0.4) is 0 Å². The predicted octanol–water partition coefficient (Wildman–Crippen LogP) is 3.98. The van der Waals surface area contributed by atoms with E-state index in [0.29, 0.717) is 16.8 Å².